The summed E-state index contributed by atoms with van der Waals surface area (Å²) in [5.41, 5.74) is 5.49. The van der Waals surface area contributed by atoms with E-state index < -0.39 is 18.0 Å². The Bertz CT molecular complexity index is 490. The number of hydrogen-bond acceptors (Lipinski definition) is 3. The van der Waals surface area contributed by atoms with Crippen LogP contribution in [-0.2, 0) is 9.59 Å². The normalized spacial score (nSPS) is 11.4. The predicted octanol–water partition coefficient (Wildman–Crippen LogP) is 0.767. The molecule has 0 aliphatic carbocycles. The molecule has 1 aromatic carbocycles. The van der Waals surface area contributed by atoms with Crippen LogP contribution in [0.25, 0.3) is 0 Å². The zero-order chi connectivity index (χ0) is 15.7. The molecule has 7 heteroatoms. The number of carbonyl (C=O) groups is 3. The SMILES string of the molecule is NC(=O)CCCCNC(=O)NC(C(=O)O)c1ccccc1. The molecule has 0 radical (unpaired) electrons. The number of aliphatic carboxylic acids is 1. The molecule has 7 nitrogen and oxygen atoms in total. The van der Waals surface area contributed by atoms with Gasteiger partial charge in [-0.25, -0.2) is 9.59 Å². The number of unbranched alkanes of at least 4 members (excludes halogenated alkanes) is 1. The Labute approximate surface area is 122 Å². The van der Waals surface area contributed by atoms with Crippen molar-refractivity contribution in [3.8, 4) is 0 Å². The van der Waals surface area contributed by atoms with Gasteiger partial charge < -0.3 is 21.5 Å². The fourth-order valence-corrected chi connectivity index (χ4v) is 1.74. The lowest BCUT2D eigenvalue weighted by atomic mass is 10.1. The summed E-state index contributed by atoms with van der Waals surface area (Å²) >= 11 is 0. The monoisotopic (exact) mass is 293 g/mol. The van der Waals surface area contributed by atoms with E-state index >= 15 is 0 Å². The van der Waals surface area contributed by atoms with Crippen LogP contribution in [0.2, 0.25) is 0 Å². The van der Waals surface area contributed by atoms with Crippen molar-refractivity contribution >= 4 is 17.9 Å². The highest BCUT2D eigenvalue weighted by Crippen LogP contribution is 2.12. The van der Waals surface area contributed by atoms with Crippen LogP contribution in [0.1, 0.15) is 30.9 Å². The zero-order valence-electron chi connectivity index (χ0n) is 11.5. The molecule has 1 aromatic rings. The zero-order valence-corrected chi connectivity index (χ0v) is 11.5. The number of amides is 3. The van der Waals surface area contributed by atoms with Crippen molar-refractivity contribution in [1.29, 1.82) is 0 Å². The Morgan fingerprint density at radius 3 is 2.38 bits per heavy atom. The van der Waals surface area contributed by atoms with Crippen molar-refractivity contribution in [2.24, 2.45) is 5.73 Å². The van der Waals surface area contributed by atoms with Crippen molar-refractivity contribution in [3.63, 3.8) is 0 Å². The molecular weight excluding hydrogens is 274 g/mol. The summed E-state index contributed by atoms with van der Waals surface area (Å²) < 4.78 is 0. The third-order valence-electron chi connectivity index (χ3n) is 2.79. The van der Waals surface area contributed by atoms with Crippen molar-refractivity contribution in [3.05, 3.63) is 35.9 Å². The van der Waals surface area contributed by atoms with Gasteiger partial charge in [0, 0.05) is 13.0 Å². The minimum absolute atomic E-state index is 0.269. The molecule has 0 fully saturated rings. The molecule has 21 heavy (non-hydrogen) atoms. The lowest BCUT2D eigenvalue weighted by Gasteiger charge is -2.15. The lowest BCUT2D eigenvalue weighted by Crippen LogP contribution is -2.41. The Balaban J connectivity index is 2.40. The van der Waals surface area contributed by atoms with Gasteiger partial charge in [0.05, 0.1) is 0 Å². The van der Waals surface area contributed by atoms with E-state index in [0.29, 0.717) is 24.9 Å². The van der Waals surface area contributed by atoms with Gasteiger partial charge in [-0.1, -0.05) is 30.3 Å². The summed E-state index contributed by atoms with van der Waals surface area (Å²) in [6.45, 7) is 0.347. The van der Waals surface area contributed by atoms with E-state index in [0.717, 1.165) is 0 Å². The molecule has 0 saturated heterocycles. The van der Waals surface area contributed by atoms with Gasteiger partial charge in [-0.3, -0.25) is 4.79 Å². The van der Waals surface area contributed by atoms with Crippen LogP contribution < -0.4 is 16.4 Å². The maximum atomic E-state index is 11.7. The fourth-order valence-electron chi connectivity index (χ4n) is 1.74. The molecule has 5 N–H and O–H groups in total. The van der Waals surface area contributed by atoms with Crippen LogP contribution in [0, 0.1) is 0 Å². The van der Waals surface area contributed by atoms with Crippen molar-refractivity contribution < 1.29 is 19.5 Å². The van der Waals surface area contributed by atoms with Crippen LogP contribution in [0.15, 0.2) is 30.3 Å². The van der Waals surface area contributed by atoms with Gasteiger partial charge in [0.25, 0.3) is 0 Å². The summed E-state index contributed by atoms with van der Waals surface area (Å²) in [6.07, 6.45) is 1.45. The number of nitrogens with one attached hydrogen (secondary N) is 2. The number of primary amides is 1. The molecule has 1 unspecified atom stereocenters. The van der Waals surface area contributed by atoms with E-state index in [-0.39, 0.29) is 12.3 Å². The number of urea groups is 1. The maximum absolute atomic E-state index is 11.7. The van der Waals surface area contributed by atoms with Gasteiger partial charge in [-0.2, -0.15) is 0 Å². The number of carboxylic acid groups (broad SMARTS) is 1. The van der Waals surface area contributed by atoms with Crippen molar-refractivity contribution in [2.75, 3.05) is 6.54 Å². The van der Waals surface area contributed by atoms with Gasteiger partial charge >= 0.3 is 12.0 Å². The third-order valence-corrected chi connectivity index (χ3v) is 2.79. The van der Waals surface area contributed by atoms with Crippen molar-refractivity contribution in [1.82, 2.24) is 10.6 Å². The van der Waals surface area contributed by atoms with Crippen LogP contribution in [0.4, 0.5) is 4.79 Å². The summed E-state index contributed by atoms with van der Waals surface area (Å²) in [7, 11) is 0. The standard InChI is InChI=1S/C14H19N3O4/c15-11(18)8-4-5-9-16-14(21)17-12(13(19)20)10-6-2-1-3-7-10/h1-3,6-7,12H,4-5,8-9H2,(H2,15,18)(H,19,20)(H2,16,17,21). The molecule has 0 saturated carbocycles. The number of benzene rings is 1. The summed E-state index contributed by atoms with van der Waals surface area (Å²) in [5.74, 6) is -1.51. The fraction of sp³-hybridized carbons (Fsp3) is 0.357. The van der Waals surface area contributed by atoms with Gasteiger partial charge in [-0.15, -0.1) is 0 Å². The van der Waals surface area contributed by atoms with E-state index in [2.05, 4.69) is 10.6 Å². The molecule has 3 amide bonds. The predicted molar refractivity (Wildman–Crippen MR) is 76.4 cm³/mol. The van der Waals surface area contributed by atoms with Gasteiger partial charge in [0.2, 0.25) is 5.91 Å². The number of rotatable bonds is 8. The first-order valence-electron chi connectivity index (χ1n) is 6.61. The first-order valence-corrected chi connectivity index (χ1v) is 6.61. The molecule has 0 aliphatic heterocycles. The molecule has 1 rings (SSSR count). The lowest BCUT2D eigenvalue weighted by molar-refractivity contribution is -0.139. The number of carbonyl (C=O) groups excluding carboxylic acids is 2. The second-order valence-corrected chi connectivity index (χ2v) is 4.51. The molecule has 0 aromatic heterocycles. The Morgan fingerprint density at radius 2 is 1.81 bits per heavy atom. The second kappa shape index (κ2) is 8.57. The van der Waals surface area contributed by atoms with Gasteiger partial charge in [0.15, 0.2) is 6.04 Å². The summed E-state index contributed by atoms with van der Waals surface area (Å²) in [6, 6.07) is 6.77. The van der Waals surface area contributed by atoms with Crippen molar-refractivity contribution in [2.45, 2.75) is 25.3 Å². The molecule has 0 bridgehead atoms. The topological polar surface area (TPSA) is 122 Å². The molecule has 0 aliphatic rings. The van der Waals surface area contributed by atoms with E-state index in [1.807, 2.05) is 0 Å². The highest BCUT2D eigenvalue weighted by molar-refractivity contribution is 5.83. The van der Waals surface area contributed by atoms with Crippen LogP contribution >= 0.6 is 0 Å². The largest absolute Gasteiger partial charge is 0.479 e. The third kappa shape index (κ3) is 6.42. The van der Waals surface area contributed by atoms with E-state index in [4.69, 9.17) is 10.8 Å². The Hall–Kier alpha value is -2.57. The quantitative estimate of drug-likeness (QED) is 0.529. The minimum Gasteiger partial charge on any atom is -0.479 e. The second-order valence-electron chi connectivity index (χ2n) is 4.51. The Morgan fingerprint density at radius 1 is 1.14 bits per heavy atom. The van der Waals surface area contributed by atoms with E-state index in [1.165, 1.54) is 0 Å². The minimum atomic E-state index is -1.13. The molecular formula is C14H19N3O4. The van der Waals surface area contributed by atoms with Crippen LogP contribution in [0.5, 0.6) is 0 Å². The molecule has 0 spiro atoms. The smallest absolute Gasteiger partial charge is 0.330 e. The molecule has 1 atom stereocenters. The van der Waals surface area contributed by atoms with E-state index in [1.54, 1.807) is 30.3 Å². The first kappa shape index (κ1) is 16.5. The molecule has 0 heterocycles. The summed E-state index contributed by atoms with van der Waals surface area (Å²) in [5, 5.41) is 14.1. The number of hydrogen-bond donors (Lipinski definition) is 4. The number of carboxylic acids is 1. The molecule has 114 valence electrons. The van der Waals surface area contributed by atoms with Crippen LogP contribution in [-0.4, -0.2) is 29.6 Å². The highest BCUT2D eigenvalue weighted by Gasteiger charge is 2.21. The van der Waals surface area contributed by atoms with Gasteiger partial charge in [0.1, 0.15) is 0 Å². The number of nitrogens with two attached hydrogens (primary N) is 1. The highest BCUT2D eigenvalue weighted by atomic mass is 16.4. The van der Waals surface area contributed by atoms with Crippen LogP contribution in [0.3, 0.4) is 0 Å². The summed E-state index contributed by atoms with van der Waals surface area (Å²) in [4.78, 5) is 33.4. The first-order chi connectivity index (χ1) is 10.0. The van der Waals surface area contributed by atoms with Gasteiger partial charge in [-0.05, 0) is 18.4 Å². The average Bonchev–Trinajstić information content (AvgIpc) is 2.44. The average molecular weight is 293 g/mol. The van der Waals surface area contributed by atoms with E-state index in [9.17, 15) is 14.4 Å². The maximum Gasteiger partial charge on any atom is 0.330 e. The Kier molecular flexibility index (Phi) is 6.73.